The van der Waals surface area contributed by atoms with E-state index in [0.29, 0.717) is 13.2 Å². The Morgan fingerprint density at radius 2 is 1.94 bits per heavy atom. The first-order chi connectivity index (χ1) is 7.38. The normalized spacial score (nSPS) is 12.1. The Morgan fingerprint density at radius 1 is 1.31 bits per heavy atom. The van der Waals surface area contributed by atoms with Crippen molar-refractivity contribution in [2.75, 3.05) is 26.3 Å². The molecular formula is C12H25NO3. The van der Waals surface area contributed by atoms with Crippen molar-refractivity contribution in [3.8, 4) is 0 Å². The van der Waals surface area contributed by atoms with Crippen LogP contribution in [0, 0.1) is 0 Å². The highest BCUT2D eigenvalue weighted by molar-refractivity contribution is 5.69. The number of rotatable bonds is 8. The molecule has 0 spiro atoms. The lowest BCUT2D eigenvalue weighted by Crippen LogP contribution is -2.46. The Hall–Kier alpha value is -0.610. The van der Waals surface area contributed by atoms with Crippen molar-refractivity contribution in [2.45, 2.75) is 46.1 Å². The highest BCUT2D eigenvalue weighted by Gasteiger charge is 2.22. The lowest BCUT2D eigenvalue weighted by molar-refractivity contribution is -0.140. The van der Waals surface area contributed by atoms with Crippen LogP contribution in [-0.4, -0.2) is 47.8 Å². The number of aliphatic carboxylic acids is 1. The number of hydrogen-bond donors (Lipinski definition) is 1. The first-order valence-electron chi connectivity index (χ1n) is 5.92. The Labute approximate surface area is 98.6 Å². The Bertz CT molecular complexity index is 199. The van der Waals surface area contributed by atoms with Gasteiger partial charge in [0.2, 0.25) is 0 Å². The summed E-state index contributed by atoms with van der Waals surface area (Å²) in [7, 11) is 0. The molecule has 0 atom stereocenters. The molecule has 0 heterocycles. The van der Waals surface area contributed by atoms with E-state index in [-0.39, 0.29) is 12.1 Å². The molecule has 0 saturated carbocycles. The minimum absolute atomic E-state index is 0.0701. The van der Waals surface area contributed by atoms with Crippen LogP contribution in [0.25, 0.3) is 0 Å². The lowest BCUT2D eigenvalue weighted by atomic mass is 10.1. The SMILES string of the molecule is CCCCOCCN(CC(=O)O)C(C)(C)C. The standard InChI is InChI=1S/C12H25NO3/c1-5-6-8-16-9-7-13(10-11(14)15)12(2,3)4/h5-10H2,1-4H3,(H,14,15). The zero-order valence-corrected chi connectivity index (χ0v) is 11.0. The first-order valence-corrected chi connectivity index (χ1v) is 5.92. The molecule has 0 aromatic heterocycles. The molecular weight excluding hydrogens is 206 g/mol. The second-order valence-electron chi connectivity index (χ2n) is 4.95. The van der Waals surface area contributed by atoms with Gasteiger partial charge in [-0.2, -0.15) is 0 Å². The fraction of sp³-hybridized carbons (Fsp3) is 0.917. The van der Waals surface area contributed by atoms with E-state index in [1.54, 1.807) is 0 Å². The summed E-state index contributed by atoms with van der Waals surface area (Å²) in [6.07, 6.45) is 2.19. The van der Waals surface area contributed by atoms with Crippen LogP contribution in [0.5, 0.6) is 0 Å². The van der Waals surface area contributed by atoms with Crippen molar-refractivity contribution in [1.82, 2.24) is 4.90 Å². The Kier molecular flexibility index (Phi) is 7.34. The monoisotopic (exact) mass is 231 g/mol. The fourth-order valence-electron chi connectivity index (χ4n) is 1.34. The molecule has 0 aliphatic rings. The van der Waals surface area contributed by atoms with E-state index in [0.717, 1.165) is 19.4 Å². The molecule has 0 aliphatic carbocycles. The van der Waals surface area contributed by atoms with Gasteiger partial charge in [-0.25, -0.2) is 0 Å². The van der Waals surface area contributed by atoms with Crippen LogP contribution in [0.2, 0.25) is 0 Å². The number of carboxylic acid groups (broad SMARTS) is 1. The summed E-state index contributed by atoms with van der Waals surface area (Å²) in [6, 6.07) is 0. The average Bonchev–Trinajstić information content (AvgIpc) is 2.13. The van der Waals surface area contributed by atoms with Gasteiger partial charge in [0.15, 0.2) is 0 Å². The Balaban J connectivity index is 3.89. The van der Waals surface area contributed by atoms with Crippen LogP contribution < -0.4 is 0 Å². The van der Waals surface area contributed by atoms with E-state index in [4.69, 9.17) is 9.84 Å². The molecule has 0 fully saturated rings. The lowest BCUT2D eigenvalue weighted by Gasteiger charge is -2.34. The number of nitrogens with zero attached hydrogens (tertiary/aromatic N) is 1. The quantitative estimate of drug-likeness (QED) is 0.649. The molecule has 0 saturated heterocycles. The smallest absolute Gasteiger partial charge is 0.317 e. The maximum atomic E-state index is 10.7. The van der Waals surface area contributed by atoms with Crippen LogP contribution in [0.15, 0.2) is 0 Å². The summed E-state index contributed by atoms with van der Waals surface area (Å²) in [4.78, 5) is 12.6. The topological polar surface area (TPSA) is 49.8 Å². The molecule has 0 aliphatic heterocycles. The van der Waals surface area contributed by atoms with Gasteiger partial charge in [-0.1, -0.05) is 13.3 Å². The maximum Gasteiger partial charge on any atom is 0.317 e. The molecule has 96 valence electrons. The van der Waals surface area contributed by atoms with E-state index in [2.05, 4.69) is 6.92 Å². The third kappa shape index (κ3) is 7.65. The van der Waals surface area contributed by atoms with Gasteiger partial charge in [0, 0.05) is 18.7 Å². The van der Waals surface area contributed by atoms with Gasteiger partial charge in [0.1, 0.15) is 0 Å². The molecule has 1 N–H and O–H groups in total. The summed E-state index contributed by atoms with van der Waals surface area (Å²) < 4.78 is 5.45. The molecule has 4 heteroatoms. The summed E-state index contributed by atoms with van der Waals surface area (Å²) in [6.45, 7) is 10.3. The molecule has 4 nitrogen and oxygen atoms in total. The molecule has 0 aromatic rings. The molecule has 0 aromatic carbocycles. The van der Waals surface area contributed by atoms with E-state index in [1.165, 1.54) is 0 Å². The van der Waals surface area contributed by atoms with Gasteiger partial charge >= 0.3 is 5.97 Å². The molecule has 0 unspecified atom stereocenters. The zero-order chi connectivity index (χ0) is 12.6. The highest BCUT2D eigenvalue weighted by Crippen LogP contribution is 2.12. The predicted molar refractivity (Wildman–Crippen MR) is 64.7 cm³/mol. The van der Waals surface area contributed by atoms with Crippen LogP contribution in [0.3, 0.4) is 0 Å². The summed E-state index contributed by atoms with van der Waals surface area (Å²) in [5, 5.41) is 8.81. The van der Waals surface area contributed by atoms with Crippen molar-refractivity contribution in [3.63, 3.8) is 0 Å². The summed E-state index contributed by atoms with van der Waals surface area (Å²) in [5.74, 6) is -0.788. The van der Waals surface area contributed by atoms with Gasteiger partial charge in [-0.05, 0) is 27.2 Å². The second-order valence-corrected chi connectivity index (χ2v) is 4.95. The number of hydrogen-bond acceptors (Lipinski definition) is 3. The molecule has 0 amide bonds. The maximum absolute atomic E-state index is 10.7. The molecule has 0 rings (SSSR count). The van der Waals surface area contributed by atoms with Gasteiger partial charge in [-0.3, -0.25) is 9.69 Å². The summed E-state index contributed by atoms with van der Waals surface area (Å²) in [5.41, 5.74) is -0.132. The van der Waals surface area contributed by atoms with Crippen LogP contribution in [0.1, 0.15) is 40.5 Å². The van der Waals surface area contributed by atoms with Crippen molar-refractivity contribution in [3.05, 3.63) is 0 Å². The summed E-state index contributed by atoms with van der Waals surface area (Å²) >= 11 is 0. The van der Waals surface area contributed by atoms with Gasteiger partial charge in [-0.15, -0.1) is 0 Å². The molecule has 16 heavy (non-hydrogen) atoms. The van der Waals surface area contributed by atoms with Crippen LogP contribution in [0.4, 0.5) is 0 Å². The number of ether oxygens (including phenoxy) is 1. The third-order valence-electron chi connectivity index (χ3n) is 2.42. The number of unbranched alkanes of at least 4 members (excludes halogenated alkanes) is 1. The predicted octanol–water partition coefficient (Wildman–Crippen LogP) is 1.99. The van der Waals surface area contributed by atoms with Gasteiger partial charge in [0.25, 0.3) is 0 Å². The fourth-order valence-corrected chi connectivity index (χ4v) is 1.34. The van der Waals surface area contributed by atoms with E-state index >= 15 is 0 Å². The minimum atomic E-state index is -0.788. The minimum Gasteiger partial charge on any atom is -0.480 e. The van der Waals surface area contributed by atoms with Crippen LogP contribution >= 0.6 is 0 Å². The van der Waals surface area contributed by atoms with E-state index in [9.17, 15) is 4.79 Å². The largest absolute Gasteiger partial charge is 0.480 e. The Morgan fingerprint density at radius 3 is 2.38 bits per heavy atom. The second kappa shape index (κ2) is 7.63. The van der Waals surface area contributed by atoms with Crippen LogP contribution in [-0.2, 0) is 9.53 Å². The van der Waals surface area contributed by atoms with Crippen molar-refractivity contribution >= 4 is 5.97 Å². The third-order valence-corrected chi connectivity index (χ3v) is 2.42. The van der Waals surface area contributed by atoms with Gasteiger partial charge in [0.05, 0.1) is 13.2 Å². The van der Waals surface area contributed by atoms with E-state index in [1.807, 2.05) is 25.7 Å². The molecule has 0 radical (unpaired) electrons. The zero-order valence-electron chi connectivity index (χ0n) is 11.0. The van der Waals surface area contributed by atoms with Crippen molar-refractivity contribution < 1.29 is 14.6 Å². The van der Waals surface area contributed by atoms with Crippen molar-refractivity contribution in [2.24, 2.45) is 0 Å². The molecule has 0 bridgehead atoms. The van der Waals surface area contributed by atoms with Gasteiger partial charge < -0.3 is 9.84 Å². The van der Waals surface area contributed by atoms with Crippen molar-refractivity contribution in [1.29, 1.82) is 0 Å². The number of carbonyl (C=O) groups is 1. The average molecular weight is 231 g/mol. The number of carboxylic acids is 1. The van der Waals surface area contributed by atoms with E-state index < -0.39 is 5.97 Å². The highest BCUT2D eigenvalue weighted by atomic mass is 16.5. The first kappa shape index (κ1) is 15.4.